The van der Waals surface area contributed by atoms with Crippen molar-refractivity contribution >= 4 is 16.8 Å². The van der Waals surface area contributed by atoms with Gasteiger partial charge in [-0.2, -0.15) is 0 Å². The van der Waals surface area contributed by atoms with Gasteiger partial charge in [0.15, 0.2) is 0 Å². The summed E-state index contributed by atoms with van der Waals surface area (Å²) in [4.78, 5) is 15.5. The van der Waals surface area contributed by atoms with E-state index in [0.29, 0.717) is 32.1 Å². The molecule has 2 heterocycles. The Bertz CT molecular complexity index is 694. The first-order valence-corrected chi connectivity index (χ1v) is 8.04. The molecular weight excluding hydrogens is 292 g/mol. The van der Waals surface area contributed by atoms with Gasteiger partial charge in [0.25, 0.3) is 5.91 Å². The van der Waals surface area contributed by atoms with Crippen LogP contribution in [0.2, 0.25) is 0 Å². The number of aromatic amines is 1. The van der Waals surface area contributed by atoms with Crippen LogP contribution in [0.1, 0.15) is 36.8 Å². The Hall–Kier alpha value is -1.85. The van der Waals surface area contributed by atoms with Gasteiger partial charge in [-0.3, -0.25) is 4.79 Å². The SMILES string of the molecule is CC(C)(C)c1ccc2cc(C(=O)NC[C@@H]3COCCO3)[nH]c2c1. The minimum Gasteiger partial charge on any atom is -0.376 e. The van der Waals surface area contributed by atoms with E-state index in [2.05, 4.69) is 49.3 Å². The summed E-state index contributed by atoms with van der Waals surface area (Å²) in [5, 5.41) is 3.94. The van der Waals surface area contributed by atoms with Crippen molar-refractivity contribution in [3.8, 4) is 0 Å². The number of aromatic nitrogens is 1. The summed E-state index contributed by atoms with van der Waals surface area (Å²) >= 11 is 0. The fourth-order valence-electron chi connectivity index (χ4n) is 2.67. The average molecular weight is 316 g/mol. The maximum Gasteiger partial charge on any atom is 0.267 e. The average Bonchev–Trinajstić information content (AvgIpc) is 2.96. The molecule has 3 rings (SSSR count). The van der Waals surface area contributed by atoms with E-state index in [-0.39, 0.29) is 17.4 Å². The molecule has 1 aliphatic rings. The molecule has 2 N–H and O–H groups in total. The molecule has 1 aromatic heterocycles. The lowest BCUT2D eigenvalue weighted by atomic mass is 9.87. The molecule has 0 bridgehead atoms. The van der Waals surface area contributed by atoms with E-state index in [1.807, 2.05) is 6.07 Å². The molecule has 1 amide bonds. The highest BCUT2D eigenvalue weighted by Gasteiger charge is 2.18. The van der Waals surface area contributed by atoms with E-state index in [1.54, 1.807) is 0 Å². The number of amides is 1. The lowest BCUT2D eigenvalue weighted by molar-refractivity contribution is -0.0855. The zero-order valence-corrected chi connectivity index (χ0v) is 13.9. The highest BCUT2D eigenvalue weighted by atomic mass is 16.6. The predicted molar refractivity (Wildman–Crippen MR) is 89.9 cm³/mol. The molecule has 0 aliphatic carbocycles. The van der Waals surface area contributed by atoms with Crippen molar-refractivity contribution in [1.82, 2.24) is 10.3 Å². The van der Waals surface area contributed by atoms with Crippen molar-refractivity contribution in [2.24, 2.45) is 0 Å². The monoisotopic (exact) mass is 316 g/mol. The number of ether oxygens (including phenoxy) is 2. The second-order valence-corrected chi connectivity index (χ2v) is 7.01. The highest BCUT2D eigenvalue weighted by Crippen LogP contribution is 2.26. The van der Waals surface area contributed by atoms with Gasteiger partial charge in [-0.05, 0) is 23.1 Å². The molecule has 1 aliphatic heterocycles. The normalized spacial score (nSPS) is 19.0. The van der Waals surface area contributed by atoms with E-state index in [4.69, 9.17) is 9.47 Å². The number of carbonyl (C=O) groups excluding carboxylic acids is 1. The number of rotatable bonds is 3. The number of carbonyl (C=O) groups is 1. The largest absolute Gasteiger partial charge is 0.376 e. The van der Waals surface area contributed by atoms with Gasteiger partial charge in [0, 0.05) is 17.4 Å². The van der Waals surface area contributed by atoms with E-state index in [9.17, 15) is 4.79 Å². The summed E-state index contributed by atoms with van der Waals surface area (Å²) in [6, 6.07) is 8.17. The van der Waals surface area contributed by atoms with E-state index >= 15 is 0 Å². The van der Waals surface area contributed by atoms with Crippen molar-refractivity contribution in [3.63, 3.8) is 0 Å². The van der Waals surface area contributed by atoms with Gasteiger partial charge in [0.05, 0.1) is 25.9 Å². The maximum atomic E-state index is 12.3. The molecule has 1 fully saturated rings. The zero-order valence-electron chi connectivity index (χ0n) is 13.9. The maximum absolute atomic E-state index is 12.3. The summed E-state index contributed by atoms with van der Waals surface area (Å²) in [7, 11) is 0. The summed E-state index contributed by atoms with van der Waals surface area (Å²) < 4.78 is 10.9. The van der Waals surface area contributed by atoms with Crippen molar-refractivity contribution in [3.05, 3.63) is 35.5 Å². The summed E-state index contributed by atoms with van der Waals surface area (Å²) in [5.74, 6) is -0.118. The molecule has 0 radical (unpaired) electrons. The van der Waals surface area contributed by atoms with Crippen LogP contribution >= 0.6 is 0 Å². The van der Waals surface area contributed by atoms with Gasteiger partial charge >= 0.3 is 0 Å². The lowest BCUT2D eigenvalue weighted by Crippen LogP contribution is -2.39. The first kappa shape index (κ1) is 16.0. The first-order valence-electron chi connectivity index (χ1n) is 8.04. The Morgan fingerprint density at radius 1 is 1.30 bits per heavy atom. The van der Waals surface area contributed by atoms with Crippen LogP contribution < -0.4 is 5.32 Å². The molecule has 1 atom stereocenters. The first-order chi connectivity index (χ1) is 10.9. The molecule has 0 saturated carbocycles. The van der Waals surface area contributed by atoms with Crippen molar-refractivity contribution in [2.45, 2.75) is 32.3 Å². The second-order valence-electron chi connectivity index (χ2n) is 7.01. The molecule has 0 unspecified atom stereocenters. The van der Waals surface area contributed by atoms with Crippen LogP contribution in [0.25, 0.3) is 10.9 Å². The fraction of sp³-hybridized carbons (Fsp3) is 0.500. The van der Waals surface area contributed by atoms with Crippen molar-refractivity contribution in [2.75, 3.05) is 26.4 Å². The lowest BCUT2D eigenvalue weighted by Gasteiger charge is -2.22. The van der Waals surface area contributed by atoms with Crippen molar-refractivity contribution in [1.29, 1.82) is 0 Å². The quantitative estimate of drug-likeness (QED) is 0.915. The summed E-state index contributed by atoms with van der Waals surface area (Å²) in [5.41, 5.74) is 2.88. The predicted octanol–water partition coefficient (Wildman–Crippen LogP) is 2.61. The standard InChI is InChI=1S/C18H24N2O3/c1-18(2,3)13-5-4-12-8-16(20-15(12)9-13)17(21)19-10-14-11-22-6-7-23-14/h4-5,8-9,14,20H,6-7,10-11H2,1-3H3,(H,19,21)/t14-/m1/s1. The van der Waals surface area contributed by atoms with Crippen LogP contribution in [0.5, 0.6) is 0 Å². The van der Waals surface area contributed by atoms with Crippen LogP contribution in [0.3, 0.4) is 0 Å². The fourth-order valence-corrected chi connectivity index (χ4v) is 2.67. The number of fused-ring (bicyclic) bond motifs is 1. The third-order valence-corrected chi connectivity index (χ3v) is 4.11. The van der Waals surface area contributed by atoms with Gasteiger partial charge in [0.1, 0.15) is 5.69 Å². The van der Waals surface area contributed by atoms with Crippen LogP contribution in [0.15, 0.2) is 24.3 Å². The molecule has 2 aromatic rings. The Morgan fingerprint density at radius 3 is 2.83 bits per heavy atom. The van der Waals surface area contributed by atoms with Crippen LogP contribution in [0, 0.1) is 0 Å². The molecule has 124 valence electrons. The molecule has 1 saturated heterocycles. The molecule has 23 heavy (non-hydrogen) atoms. The summed E-state index contributed by atoms with van der Waals surface area (Å²) in [6.45, 7) is 8.74. The Morgan fingerprint density at radius 2 is 2.13 bits per heavy atom. The third kappa shape index (κ3) is 3.74. The number of benzene rings is 1. The van der Waals surface area contributed by atoms with Crippen molar-refractivity contribution < 1.29 is 14.3 Å². The molecule has 5 nitrogen and oxygen atoms in total. The molecule has 5 heteroatoms. The van der Waals surface area contributed by atoms with Gasteiger partial charge < -0.3 is 19.8 Å². The van der Waals surface area contributed by atoms with E-state index in [0.717, 1.165) is 10.9 Å². The van der Waals surface area contributed by atoms with Crippen LogP contribution in [0.4, 0.5) is 0 Å². The van der Waals surface area contributed by atoms with Crippen LogP contribution in [-0.4, -0.2) is 43.4 Å². The van der Waals surface area contributed by atoms with Crippen LogP contribution in [-0.2, 0) is 14.9 Å². The Kier molecular flexibility index (Phi) is 4.41. The Labute approximate surface area is 136 Å². The van der Waals surface area contributed by atoms with Gasteiger partial charge in [-0.15, -0.1) is 0 Å². The van der Waals surface area contributed by atoms with E-state index < -0.39 is 0 Å². The van der Waals surface area contributed by atoms with Gasteiger partial charge in [-0.1, -0.05) is 32.9 Å². The highest BCUT2D eigenvalue weighted by molar-refractivity contribution is 5.98. The number of hydrogen-bond donors (Lipinski definition) is 2. The third-order valence-electron chi connectivity index (χ3n) is 4.11. The minimum absolute atomic E-state index is 0.0652. The summed E-state index contributed by atoms with van der Waals surface area (Å²) in [6.07, 6.45) is -0.0652. The second kappa shape index (κ2) is 6.34. The number of H-pyrrole nitrogens is 1. The zero-order chi connectivity index (χ0) is 16.4. The topological polar surface area (TPSA) is 63.4 Å². The number of nitrogens with one attached hydrogen (secondary N) is 2. The number of hydrogen-bond acceptors (Lipinski definition) is 3. The molecular formula is C18H24N2O3. The molecule has 0 spiro atoms. The Balaban J connectivity index is 1.70. The smallest absolute Gasteiger partial charge is 0.267 e. The van der Waals surface area contributed by atoms with E-state index in [1.165, 1.54) is 5.56 Å². The van der Waals surface area contributed by atoms with Gasteiger partial charge in [-0.25, -0.2) is 0 Å². The minimum atomic E-state index is -0.118. The molecule has 1 aromatic carbocycles. The van der Waals surface area contributed by atoms with Gasteiger partial charge in [0.2, 0.25) is 0 Å².